The van der Waals surface area contributed by atoms with E-state index < -0.39 is 59.6 Å². The van der Waals surface area contributed by atoms with Crippen LogP contribution >= 0.6 is 11.8 Å². The summed E-state index contributed by atoms with van der Waals surface area (Å²) in [5.74, 6) is -35.3. The molecule has 3 nitrogen and oxygen atoms in total. The molecule has 0 rings (SSSR count). The Morgan fingerprint density at radius 3 is 1.52 bits per heavy atom. The standard InChI is InChI=1S/C10H9F13N2OS/c11-5(12,1-2-27-3-4(26)25-24)6(13,14)7(15,16)8(17,18)9(19,20)10(21,22)23/h1-3,24H2,(H,25,26). The molecule has 162 valence electrons. The van der Waals surface area contributed by atoms with Crippen molar-refractivity contribution in [1.29, 1.82) is 0 Å². The summed E-state index contributed by atoms with van der Waals surface area (Å²) in [6, 6.07) is 0. The number of carbonyl (C=O) groups excluding carboxylic acids is 1. The van der Waals surface area contributed by atoms with E-state index in [1.54, 1.807) is 0 Å². The Labute approximate surface area is 145 Å². The van der Waals surface area contributed by atoms with E-state index in [1.807, 2.05) is 0 Å². The first kappa shape index (κ1) is 25.9. The van der Waals surface area contributed by atoms with Crippen LogP contribution in [0.1, 0.15) is 6.42 Å². The second-order valence-corrected chi connectivity index (χ2v) is 5.98. The lowest BCUT2D eigenvalue weighted by Crippen LogP contribution is -2.70. The number of carbonyl (C=O) groups is 1. The van der Waals surface area contributed by atoms with Crippen LogP contribution in [0.3, 0.4) is 0 Å². The number of thioether (sulfide) groups is 1. The molecule has 0 fully saturated rings. The molecular weight excluding hydrogens is 443 g/mol. The van der Waals surface area contributed by atoms with Crippen molar-refractivity contribution in [3.63, 3.8) is 0 Å². The molecule has 0 saturated heterocycles. The van der Waals surface area contributed by atoms with Crippen molar-refractivity contribution in [2.24, 2.45) is 5.84 Å². The number of halogens is 13. The largest absolute Gasteiger partial charge is 0.460 e. The average molecular weight is 452 g/mol. The van der Waals surface area contributed by atoms with E-state index in [4.69, 9.17) is 0 Å². The van der Waals surface area contributed by atoms with Crippen molar-refractivity contribution in [2.75, 3.05) is 11.5 Å². The van der Waals surface area contributed by atoms with Gasteiger partial charge in [0.25, 0.3) is 0 Å². The summed E-state index contributed by atoms with van der Waals surface area (Å²) >= 11 is 0.0909. The van der Waals surface area contributed by atoms with Gasteiger partial charge in [0.1, 0.15) is 0 Å². The minimum Gasteiger partial charge on any atom is -0.294 e. The molecule has 0 aromatic heterocycles. The van der Waals surface area contributed by atoms with E-state index in [-0.39, 0.29) is 11.8 Å². The molecule has 0 atom stereocenters. The van der Waals surface area contributed by atoms with Crippen LogP contribution in [0, 0.1) is 0 Å². The van der Waals surface area contributed by atoms with Crippen molar-refractivity contribution in [3.05, 3.63) is 0 Å². The normalized spacial score (nSPS) is 15.0. The highest BCUT2D eigenvalue weighted by Gasteiger charge is 2.90. The molecule has 0 aromatic rings. The van der Waals surface area contributed by atoms with E-state index in [0.717, 1.165) is 0 Å². The highest BCUT2D eigenvalue weighted by atomic mass is 32.2. The van der Waals surface area contributed by atoms with Crippen LogP contribution in [0.25, 0.3) is 0 Å². The zero-order valence-electron chi connectivity index (χ0n) is 12.4. The van der Waals surface area contributed by atoms with Gasteiger partial charge in [0.2, 0.25) is 5.91 Å². The van der Waals surface area contributed by atoms with Crippen LogP contribution in [0.5, 0.6) is 0 Å². The summed E-state index contributed by atoms with van der Waals surface area (Å²) in [5, 5.41) is 0. The number of hydrazine groups is 1. The van der Waals surface area contributed by atoms with Gasteiger partial charge in [-0.2, -0.15) is 68.8 Å². The van der Waals surface area contributed by atoms with Crippen LogP contribution in [-0.2, 0) is 4.79 Å². The highest BCUT2D eigenvalue weighted by molar-refractivity contribution is 7.99. The van der Waals surface area contributed by atoms with E-state index in [2.05, 4.69) is 5.84 Å². The molecule has 0 aliphatic heterocycles. The fourth-order valence-electron chi connectivity index (χ4n) is 1.37. The highest BCUT2D eigenvalue weighted by Crippen LogP contribution is 2.60. The van der Waals surface area contributed by atoms with Gasteiger partial charge in [-0.05, 0) is 5.75 Å². The molecule has 3 N–H and O–H groups in total. The topological polar surface area (TPSA) is 55.1 Å². The van der Waals surface area contributed by atoms with Crippen molar-refractivity contribution in [2.45, 2.75) is 42.2 Å². The lowest BCUT2D eigenvalue weighted by atomic mass is 9.93. The third kappa shape index (κ3) is 4.48. The third-order valence-corrected chi connectivity index (χ3v) is 3.91. The van der Waals surface area contributed by atoms with Gasteiger partial charge in [0.15, 0.2) is 0 Å². The zero-order valence-corrected chi connectivity index (χ0v) is 13.2. The van der Waals surface area contributed by atoms with E-state index in [9.17, 15) is 61.9 Å². The van der Waals surface area contributed by atoms with Gasteiger partial charge in [-0.1, -0.05) is 0 Å². The Bertz CT molecular complexity index is 534. The number of amides is 1. The SMILES string of the molecule is NNC(=O)CSCCC(F)(F)C(F)(F)C(F)(F)C(F)(F)C(F)(F)C(F)(F)F. The maximum absolute atomic E-state index is 13.3. The molecule has 0 aliphatic carbocycles. The van der Waals surface area contributed by atoms with Crippen LogP contribution in [0.4, 0.5) is 57.1 Å². The Balaban J connectivity index is 5.64. The van der Waals surface area contributed by atoms with E-state index in [1.165, 1.54) is 5.43 Å². The van der Waals surface area contributed by atoms with Gasteiger partial charge in [-0.15, -0.1) is 0 Å². The lowest BCUT2D eigenvalue weighted by molar-refractivity contribution is -0.439. The minimum absolute atomic E-state index is 0.0909. The second-order valence-electron chi connectivity index (χ2n) is 4.87. The van der Waals surface area contributed by atoms with E-state index >= 15 is 0 Å². The summed E-state index contributed by atoms with van der Waals surface area (Å²) in [6.07, 6.45) is -9.79. The van der Waals surface area contributed by atoms with Crippen LogP contribution in [-0.4, -0.2) is 53.2 Å². The molecule has 0 heterocycles. The first-order valence-corrected chi connectivity index (χ1v) is 7.39. The predicted molar refractivity (Wildman–Crippen MR) is 65.1 cm³/mol. The molecule has 27 heavy (non-hydrogen) atoms. The first-order valence-electron chi connectivity index (χ1n) is 6.23. The number of hydrogen-bond donors (Lipinski definition) is 2. The monoisotopic (exact) mass is 452 g/mol. The summed E-state index contributed by atoms with van der Waals surface area (Å²) < 4.78 is 166. The molecule has 0 saturated carbocycles. The van der Waals surface area contributed by atoms with Crippen LogP contribution < -0.4 is 11.3 Å². The van der Waals surface area contributed by atoms with Crippen molar-refractivity contribution >= 4 is 17.7 Å². The van der Waals surface area contributed by atoms with Gasteiger partial charge >= 0.3 is 35.8 Å². The number of alkyl halides is 13. The number of rotatable bonds is 9. The molecule has 17 heteroatoms. The molecule has 0 aliphatic rings. The summed E-state index contributed by atoms with van der Waals surface area (Å²) in [7, 11) is 0. The number of nitrogens with one attached hydrogen (secondary N) is 1. The molecule has 0 bridgehead atoms. The maximum atomic E-state index is 13.3. The van der Waals surface area contributed by atoms with Gasteiger partial charge in [0, 0.05) is 6.42 Å². The van der Waals surface area contributed by atoms with E-state index in [0.29, 0.717) is 0 Å². The third-order valence-electron chi connectivity index (χ3n) is 2.95. The van der Waals surface area contributed by atoms with Gasteiger partial charge in [-0.3, -0.25) is 10.2 Å². The quantitative estimate of drug-likeness (QED) is 0.184. The Morgan fingerprint density at radius 2 is 1.15 bits per heavy atom. The minimum atomic E-state index is -7.91. The van der Waals surface area contributed by atoms with Gasteiger partial charge in [-0.25, -0.2) is 5.84 Å². The number of nitrogens with two attached hydrogens (primary N) is 1. The Morgan fingerprint density at radius 1 is 0.741 bits per heavy atom. The lowest BCUT2D eigenvalue weighted by Gasteiger charge is -2.39. The molecule has 0 radical (unpaired) electrons. The molecule has 0 spiro atoms. The summed E-state index contributed by atoms with van der Waals surface area (Å²) in [5.41, 5.74) is 1.46. The van der Waals surface area contributed by atoms with Crippen molar-refractivity contribution in [1.82, 2.24) is 5.43 Å². The fourth-order valence-corrected chi connectivity index (χ4v) is 2.18. The molecule has 1 amide bonds. The van der Waals surface area contributed by atoms with Crippen LogP contribution in [0.2, 0.25) is 0 Å². The summed E-state index contributed by atoms with van der Waals surface area (Å²) in [4.78, 5) is 10.6. The van der Waals surface area contributed by atoms with Crippen LogP contribution in [0.15, 0.2) is 0 Å². The van der Waals surface area contributed by atoms with Gasteiger partial charge in [0.05, 0.1) is 5.75 Å². The first-order chi connectivity index (χ1) is 11.7. The fraction of sp³-hybridized carbons (Fsp3) is 0.900. The predicted octanol–water partition coefficient (Wildman–Crippen LogP) is 3.84. The Hall–Kier alpha value is -1.13. The summed E-state index contributed by atoms with van der Waals surface area (Å²) in [6.45, 7) is 0. The van der Waals surface area contributed by atoms with Crippen molar-refractivity contribution in [3.8, 4) is 0 Å². The zero-order chi connectivity index (χ0) is 22.1. The second kappa shape index (κ2) is 7.71. The Kier molecular flexibility index (Phi) is 7.39. The molecular formula is C10H9F13N2OS. The maximum Gasteiger partial charge on any atom is 0.460 e. The molecule has 0 unspecified atom stereocenters. The smallest absolute Gasteiger partial charge is 0.294 e. The molecule has 0 aromatic carbocycles. The van der Waals surface area contributed by atoms with Gasteiger partial charge < -0.3 is 0 Å². The number of hydrogen-bond acceptors (Lipinski definition) is 3. The van der Waals surface area contributed by atoms with Crippen molar-refractivity contribution < 1.29 is 61.9 Å². The average Bonchev–Trinajstić information content (AvgIpc) is 2.49.